The van der Waals surface area contributed by atoms with E-state index in [1.54, 1.807) is 42.2 Å². The molecule has 146 valence electrons. The summed E-state index contributed by atoms with van der Waals surface area (Å²) in [7, 11) is 1.71. The summed E-state index contributed by atoms with van der Waals surface area (Å²) in [5, 5.41) is 1.16. The van der Waals surface area contributed by atoms with Gasteiger partial charge in [-0.05, 0) is 49.4 Å². The Kier molecular flexibility index (Phi) is 5.94. The largest absolute Gasteiger partial charge is 0.311 e. The van der Waals surface area contributed by atoms with Crippen LogP contribution in [-0.4, -0.2) is 20.3 Å². The first-order chi connectivity index (χ1) is 13.4. The van der Waals surface area contributed by atoms with Crippen LogP contribution in [0.15, 0.2) is 35.4 Å². The smallest absolute Gasteiger partial charge is 0.258 e. The Bertz CT molecular complexity index is 1100. The van der Waals surface area contributed by atoms with Crippen LogP contribution in [0.4, 0.5) is 0 Å². The minimum Gasteiger partial charge on any atom is -0.311 e. The lowest BCUT2D eigenvalue weighted by Crippen LogP contribution is -2.19. The van der Waals surface area contributed by atoms with Gasteiger partial charge in [0.25, 0.3) is 5.56 Å². The molecule has 0 atom stereocenters. The molecule has 0 radical (unpaired) electrons. The maximum absolute atomic E-state index is 12.8. The monoisotopic (exact) mass is 397 g/mol. The van der Waals surface area contributed by atoms with Crippen LogP contribution >= 0.6 is 11.6 Å². The molecule has 1 aliphatic carbocycles. The number of carbonyl (C=O) groups is 1. The molecule has 6 heteroatoms. The van der Waals surface area contributed by atoms with E-state index in [4.69, 9.17) is 11.6 Å². The summed E-state index contributed by atoms with van der Waals surface area (Å²) in [6, 6.07) is 5.26. The van der Waals surface area contributed by atoms with Crippen molar-refractivity contribution in [3.63, 3.8) is 0 Å². The molecule has 1 fully saturated rings. The van der Waals surface area contributed by atoms with Gasteiger partial charge < -0.3 is 4.57 Å². The van der Waals surface area contributed by atoms with E-state index in [9.17, 15) is 9.59 Å². The topological polar surface area (TPSA) is 64.8 Å². The minimum atomic E-state index is -0.137. The highest BCUT2D eigenvalue weighted by Gasteiger charge is 2.25. The van der Waals surface area contributed by atoms with Crippen molar-refractivity contribution in [1.82, 2.24) is 14.5 Å². The molecular weight excluding hydrogens is 374 g/mol. The molecule has 0 aromatic carbocycles. The lowest BCUT2D eigenvalue weighted by atomic mass is 10.0. The van der Waals surface area contributed by atoms with Crippen LogP contribution in [-0.2, 0) is 7.05 Å². The van der Waals surface area contributed by atoms with Crippen molar-refractivity contribution in [3.8, 4) is 11.1 Å². The Hall–Kier alpha value is -2.53. The molecule has 1 aliphatic rings. The van der Waals surface area contributed by atoms with E-state index in [1.165, 1.54) is 0 Å². The first-order valence-electron chi connectivity index (χ1n) is 9.59. The van der Waals surface area contributed by atoms with E-state index in [-0.39, 0.29) is 11.3 Å². The summed E-state index contributed by atoms with van der Waals surface area (Å²) in [6.45, 7) is 5.90. The molecule has 0 aliphatic heterocycles. The molecule has 0 saturated heterocycles. The predicted octanol–water partition coefficient (Wildman–Crippen LogP) is 4.97. The summed E-state index contributed by atoms with van der Waals surface area (Å²) in [6.07, 6.45) is 6.11. The predicted molar refractivity (Wildman–Crippen MR) is 113 cm³/mol. The number of nitrogens with zero attached hydrogens (tertiary/aromatic N) is 3. The van der Waals surface area contributed by atoms with Crippen LogP contribution < -0.4 is 5.56 Å². The molecule has 0 spiro atoms. The third-order valence-electron chi connectivity index (χ3n) is 4.93. The van der Waals surface area contributed by atoms with E-state index >= 15 is 0 Å². The van der Waals surface area contributed by atoms with Crippen LogP contribution in [0.3, 0.4) is 0 Å². The van der Waals surface area contributed by atoms with E-state index in [0.717, 1.165) is 34.9 Å². The normalized spacial score (nSPS) is 13.2. The first-order valence-corrected chi connectivity index (χ1v) is 9.97. The SMILES string of the molecule is CC.Cc1cc(C(=O)CC2CC2)ncc1-c1cc2cnc(Cl)cc2n(C)c1=O. The highest BCUT2D eigenvalue weighted by molar-refractivity contribution is 6.30. The average Bonchev–Trinajstić information content (AvgIpc) is 3.51. The molecule has 0 bridgehead atoms. The zero-order valence-corrected chi connectivity index (χ0v) is 17.4. The van der Waals surface area contributed by atoms with E-state index < -0.39 is 0 Å². The highest BCUT2D eigenvalue weighted by Crippen LogP contribution is 2.33. The Labute approximate surface area is 169 Å². The number of fused-ring (bicyclic) bond motifs is 1. The van der Waals surface area contributed by atoms with E-state index in [0.29, 0.717) is 28.7 Å². The summed E-state index contributed by atoms with van der Waals surface area (Å²) in [5.74, 6) is 0.601. The van der Waals surface area contributed by atoms with Crippen LogP contribution in [0.1, 0.15) is 49.2 Å². The number of hydrogen-bond donors (Lipinski definition) is 0. The molecule has 28 heavy (non-hydrogen) atoms. The van der Waals surface area contributed by atoms with Gasteiger partial charge in [0.1, 0.15) is 10.8 Å². The molecule has 1 saturated carbocycles. The van der Waals surface area contributed by atoms with Gasteiger partial charge in [-0.3, -0.25) is 14.6 Å². The minimum absolute atomic E-state index is 0.0763. The molecule has 4 rings (SSSR count). The van der Waals surface area contributed by atoms with Crippen molar-refractivity contribution in [3.05, 3.63) is 57.4 Å². The standard InChI is InChI=1S/C20H18ClN3O2.C2H6/c1-11-5-16(18(25)6-12-3-4-12)22-10-15(11)14-7-13-9-23-19(21)8-17(13)24(2)20(14)26;1-2/h5,7-10,12H,3-4,6H2,1-2H3;1-2H3. The Morgan fingerprint density at radius 1 is 1.14 bits per heavy atom. The number of hydrogen-bond acceptors (Lipinski definition) is 4. The van der Waals surface area contributed by atoms with Gasteiger partial charge >= 0.3 is 0 Å². The second-order valence-corrected chi connectivity index (χ2v) is 7.33. The van der Waals surface area contributed by atoms with Crippen molar-refractivity contribution in [2.45, 2.75) is 40.0 Å². The van der Waals surface area contributed by atoms with Crippen molar-refractivity contribution < 1.29 is 4.79 Å². The van der Waals surface area contributed by atoms with Gasteiger partial charge in [0.2, 0.25) is 0 Å². The third-order valence-corrected chi connectivity index (χ3v) is 5.14. The fraction of sp³-hybridized carbons (Fsp3) is 0.364. The molecule has 3 aromatic heterocycles. The maximum atomic E-state index is 12.8. The number of halogens is 1. The second-order valence-electron chi connectivity index (χ2n) is 6.94. The zero-order valence-electron chi connectivity index (χ0n) is 16.6. The number of ketones is 1. The van der Waals surface area contributed by atoms with Crippen LogP contribution in [0, 0.1) is 12.8 Å². The van der Waals surface area contributed by atoms with Gasteiger partial charge in [-0.15, -0.1) is 0 Å². The number of Topliss-reactive ketones (excluding diaryl/α,β-unsaturated/α-hetero) is 1. The molecule has 3 aromatic rings. The average molecular weight is 398 g/mol. The molecule has 5 nitrogen and oxygen atoms in total. The highest BCUT2D eigenvalue weighted by atomic mass is 35.5. The number of pyridine rings is 3. The quantitative estimate of drug-likeness (QED) is 0.460. The van der Waals surface area contributed by atoms with Crippen molar-refractivity contribution in [1.29, 1.82) is 0 Å². The maximum Gasteiger partial charge on any atom is 0.258 e. The van der Waals surface area contributed by atoms with Gasteiger partial charge in [0.05, 0.1) is 5.52 Å². The molecule has 3 heterocycles. The van der Waals surface area contributed by atoms with Gasteiger partial charge in [-0.2, -0.15) is 0 Å². The Morgan fingerprint density at radius 2 is 1.86 bits per heavy atom. The van der Waals surface area contributed by atoms with E-state index in [1.807, 2.05) is 20.8 Å². The van der Waals surface area contributed by atoms with Crippen LogP contribution in [0.25, 0.3) is 22.0 Å². The number of aromatic nitrogens is 3. The lowest BCUT2D eigenvalue weighted by Gasteiger charge is -2.11. The van der Waals surface area contributed by atoms with Gasteiger partial charge in [0.15, 0.2) is 5.78 Å². The fourth-order valence-electron chi connectivity index (χ4n) is 3.21. The van der Waals surface area contributed by atoms with Crippen molar-refractivity contribution in [2.75, 3.05) is 0 Å². The lowest BCUT2D eigenvalue weighted by molar-refractivity contribution is 0.0971. The zero-order chi connectivity index (χ0) is 20.4. The van der Waals surface area contributed by atoms with Gasteiger partial charge in [-0.25, -0.2) is 4.98 Å². The summed E-state index contributed by atoms with van der Waals surface area (Å²) < 4.78 is 1.56. The van der Waals surface area contributed by atoms with Crippen molar-refractivity contribution >= 4 is 28.3 Å². The fourth-order valence-corrected chi connectivity index (χ4v) is 3.36. The van der Waals surface area contributed by atoms with Crippen LogP contribution in [0.5, 0.6) is 0 Å². The first kappa shape index (κ1) is 20.2. The number of carbonyl (C=O) groups excluding carboxylic acids is 1. The summed E-state index contributed by atoms with van der Waals surface area (Å²) >= 11 is 5.94. The second kappa shape index (κ2) is 8.23. The van der Waals surface area contributed by atoms with E-state index in [2.05, 4.69) is 9.97 Å². The summed E-state index contributed by atoms with van der Waals surface area (Å²) in [4.78, 5) is 33.5. The number of rotatable bonds is 4. The molecule has 0 amide bonds. The Morgan fingerprint density at radius 3 is 2.50 bits per heavy atom. The third kappa shape index (κ3) is 3.99. The van der Waals surface area contributed by atoms with Crippen molar-refractivity contribution in [2.24, 2.45) is 13.0 Å². The van der Waals surface area contributed by atoms with Crippen LogP contribution in [0.2, 0.25) is 5.15 Å². The molecule has 0 unspecified atom stereocenters. The summed E-state index contributed by atoms with van der Waals surface area (Å²) in [5.41, 5.74) is 3.18. The van der Waals surface area contributed by atoms with Gasteiger partial charge in [0, 0.05) is 42.4 Å². The molecular formula is C22H24ClN3O2. The Balaban J connectivity index is 0.00000109. The molecule has 0 N–H and O–H groups in total. The number of aryl methyl sites for hydroxylation is 2. The van der Waals surface area contributed by atoms with Gasteiger partial charge in [-0.1, -0.05) is 25.4 Å².